The molecule has 0 aromatic rings. The molecule has 0 fully saturated rings. The molecule has 0 bridgehead atoms. The van der Waals surface area contributed by atoms with Crippen LogP contribution in [0.1, 0.15) is 6.42 Å². The Bertz CT molecular complexity index is 193. The van der Waals surface area contributed by atoms with Crippen LogP contribution >= 0.6 is 0 Å². The predicted octanol–water partition coefficient (Wildman–Crippen LogP) is 2.03. The van der Waals surface area contributed by atoms with Crippen LogP contribution in [0.2, 0.25) is 0 Å². The van der Waals surface area contributed by atoms with Gasteiger partial charge in [0.25, 0.3) is 0 Å². The molecule has 1 nitrogen and oxygen atoms in total. The van der Waals surface area contributed by atoms with Crippen molar-refractivity contribution in [2.24, 2.45) is 0 Å². The maximum Gasteiger partial charge on any atom is 0.146 e. The molecule has 0 radical (unpaired) electrons. The summed E-state index contributed by atoms with van der Waals surface area (Å²) in [5, 5.41) is 0. The molecule has 0 heterocycles. The summed E-state index contributed by atoms with van der Waals surface area (Å²) in [4.78, 5) is 10.2. The number of carbonyl (C=O) groups excluding carboxylic acids is 1. The van der Waals surface area contributed by atoms with Gasteiger partial charge in [-0.05, 0) is 24.1 Å². The highest BCUT2D eigenvalue weighted by molar-refractivity contribution is 5.74. The third-order valence-corrected chi connectivity index (χ3v) is 0.947. The second-order valence-corrected chi connectivity index (χ2v) is 1.72. The van der Waals surface area contributed by atoms with Gasteiger partial charge in [-0.15, -0.1) is 12.3 Å². The van der Waals surface area contributed by atoms with Crippen molar-refractivity contribution in [3.8, 4) is 0 Å². The summed E-state index contributed by atoms with van der Waals surface area (Å²) in [6, 6.07) is 0. The van der Waals surface area contributed by atoms with Crippen LogP contribution in [0.5, 0.6) is 0 Å². The minimum Gasteiger partial charge on any atom is -0.298 e. The van der Waals surface area contributed by atoms with Gasteiger partial charge in [0.05, 0.1) is 0 Å². The Balaban J connectivity index is 4.15. The molecule has 1 heteroatoms. The summed E-state index contributed by atoms with van der Waals surface area (Å²) >= 11 is 0. The summed E-state index contributed by atoms with van der Waals surface area (Å²) < 4.78 is 0. The Labute approximate surface area is 61.1 Å². The molecule has 0 N–H and O–H groups in total. The molecule has 0 aliphatic rings. The van der Waals surface area contributed by atoms with Crippen LogP contribution in [0.25, 0.3) is 0 Å². The number of hydrogen-bond donors (Lipinski definition) is 0. The zero-order valence-corrected chi connectivity index (χ0v) is 5.84. The van der Waals surface area contributed by atoms with Crippen molar-refractivity contribution in [1.82, 2.24) is 0 Å². The van der Waals surface area contributed by atoms with E-state index in [1.165, 1.54) is 0 Å². The van der Waals surface area contributed by atoms with Gasteiger partial charge in [-0.3, -0.25) is 4.79 Å². The number of allylic oxidation sites excluding steroid dienone is 4. The molecule has 10 heavy (non-hydrogen) atoms. The molecule has 0 saturated heterocycles. The number of aldehydes is 1. The van der Waals surface area contributed by atoms with Crippen LogP contribution in [-0.2, 0) is 4.79 Å². The van der Waals surface area contributed by atoms with Crippen molar-refractivity contribution in [2.45, 2.75) is 6.42 Å². The number of rotatable bonds is 4. The topological polar surface area (TPSA) is 17.1 Å². The first-order chi connectivity index (χ1) is 4.85. The fourth-order valence-corrected chi connectivity index (χ4v) is 0.488. The molecule has 0 spiro atoms. The summed E-state index contributed by atoms with van der Waals surface area (Å²) in [7, 11) is 0. The largest absolute Gasteiger partial charge is 0.298 e. The van der Waals surface area contributed by atoms with Crippen molar-refractivity contribution < 1.29 is 4.79 Å². The van der Waals surface area contributed by atoms with Gasteiger partial charge in [0.15, 0.2) is 0 Å². The number of carbonyl (C=O) groups is 1. The Morgan fingerprint density at radius 1 is 1.60 bits per heavy atom. The first-order valence-corrected chi connectivity index (χ1v) is 2.96. The summed E-state index contributed by atoms with van der Waals surface area (Å²) in [5.74, 6) is 0. The average Bonchev–Trinajstić information content (AvgIpc) is 1.98. The van der Waals surface area contributed by atoms with Crippen molar-refractivity contribution >= 4 is 6.29 Å². The maximum atomic E-state index is 10.2. The first-order valence-electron chi connectivity index (χ1n) is 2.96. The van der Waals surface area contributed by atoms with Crippen LogP contribution in [-0.4, -0.2) is 6.29 Å². The van der Waals surface area contributed by atoms with Crippen LogP contribution in [0, 0.1) is 0 Å². The van der Waals surface area contributed by atoms with E-state index in [2.05, 4.69) is 18.9 Å². The van der Waals surface area contributed by atoms with Crippen molar-refractivity contribution in [3.63, 3.8) is 0 Å². The van der Waals surface area contributed by atoms with Gasteiger partial charge >= 0.3 is 0 Å². The standard InChI is InChI=1S/C9H10O/c1-3-5-7-9(8-10)6-4-2/h4-5,7-8H,1-2,6H2/b9-7+. The van der Waals surface area contributed by atoms with Crippen LogP contribution in [0.3, 0.4) is 0 Å². The average molecular weight is 134 g/mol. The Kier molecular flexibility index (Phi) is 5.03. The molecule has 0 atom stereocenters. The second-order valence-electron chi connectivity index (χ2n) is 1.72. The lowest BCUT2D eigenvalue weighted by Gasteiger charge is -1.87. The molecule has 0 aromatic heterocycles. The Morgan fingerprint density at radius 2 is 2.30 bits per heavy atom. The fraction of sp³-hybridized carbons (Fsp3) is 0.111. The molecule has 0 aliphatic heterocycles. The highest BCUT2D eigenvalue weighted by Gasteiger charge is 1.86. The Morgan fingerprint density at radius 3 is 2.70 bits per heavy atom. The van der Waals surface area contributed by atoms with Gasteiger partial charge in [0.1, 0.15) is 6.29 Å². The predicted molar refractivity (Wildman–Crippen MR) is 42.7 cm³/mol. The van der Waals surface area contributed by atoms with Gasteiger partial charge in [-0.2, -0.15) is 0 Å². The zero-order valence-electron chi connectivity index (χ0n) is 5.84. The van der Waals surface area contributed by atoms with E-state index < -0.39 is 0 Å². The molecular weight excluding hydrogens is 124 g/mol. The molecule has 0 saturated carbocycles. The van der Waals surface area contributed by atoms with E-state index in [1.807, 2.05) is 0 Å². The molecule has 52 valence electrons. The molecule has 0 unspecified atom stereocenters. The van der Waals surface area contributed by atoms with Gasteiger partial charge in [0.2, 0.25) is 0 Å². The molecule has 0 aliphatic carbocycles. The van der Waals surface area contributed by atoms with Crippen molar-refractivity contribution in [2.75, 3.05) is 0 Å². The van der Waals surface area contributed by atoms with E-state index in [4.69, 9.17) is 0 Å². The van der Waals surface area contributed by atoms with Crippen LogP contribution in [0.4, 0.5) is 0 Å². The van der Waals surface area contributed by atoms with E-state index in [1.54, 1.807) is 18.2 Å². The lowest BCUT2D eigenvalue weighted by Crippen LogP contribution is -1.79. The smallest absolute Gasteiger partial charge is 0.146 e. The van der Waals surface area contributed by atoms with E-state index in [0.29, 0.717) is 12.0 Å². The highest BCUT2D eigenvalue weighted by atomic mass is 16.1. The lowest BCUT2D eigenvalue weighted by atomic mass is 10.2. The summed E-state index contributed by atoms with van der Waals surface area (Å²) in [6.07, 6.45) is 6.35. The van der Waals surface area contributed by atoms with Gasteiger partial charge in [-0.1, -0.05) is 12.7 Å². The summed E-state index contributed by atoms with van der Waals surface area (Å²) in [6.45, 7) is 6.87. The quantitative estimate of drug-likeness (QED) is 0.189. The van der Waals surface area contributed by atoms with E-state index in [-0.39, 0.29) is 0 Å². The van der Waals surface area contributed by atoms with Crippen LogP contribution in [0.15, 0.2) is 42.7 Å². The van der Waals surface area contributed by atoms with E-state index in [9.17, 15) is 4.79 Å². The van der Waals surface area contributed by atoms with Crippen LogP contribution < -0.4 is 0 Å². The lowest BCUT2D eigenvalue weighted by molar-refractivity contribution is -0.104. The van der Waals surface area contributed by atoms with Gasteiger partial charge in [-0.25, -0.2) is 0 Å². The molecular formula is C9H10O. The second kappa shape index (κ2) is 5.80. The SMILES string of the molecule is C=C=C/C=C(/C=O)CC=C. The normalized spacial score (nSPS) is 9.80. The highest BCUT2D eigenvalue weighted by Crippen LogP contribution is 1.96. The van der Waals surface area contributed by atoms with E-state index >= 15 is 0 Å². The first kappa shape index (κ1) is 8.67. The summed E-state index contributed by atoms with van der Waals surface area (Å²) in [5.41, 5.74) is 3.23. The maximum absolute atomic E-state index is 10.2. The van der Waals surface area contributed by atoms with Crippen molar-refractivity contribution in [1.29, 1.82) is 0 Å². The fourth-order valence-electron chi connectivity index (χ4n) is 0.488. The van der Waals surface area contributed by atoms with Crippen molar-refractivity contribution in [3.05, 3.63) is 42.7 Å². The molecule has 0 amide bonds. The van der Waals surface area contributed by atoms with Gasteiger partial charge < -0.3 is 0 Å². The third kappa shape index (κ3) is 3.65. The zero-order chi connectivity index (χ0) is 7.82. The van der Waals surface area contributed by atoms with E-state index in [0.717, 1.165) is 6.29 Å². The minimum absolute atomic E-state index is 0.599. The number of hydrogen-bond acceptors (Lipinski definition) is 1. The molecule has 0 rings (SSSR count). The molecule has 0 aromatic carbocycles. The van der Waals surface area contributed by atoms with Gasteiger partial charge in [0, 0.05) is 0 Å². The minimum atomic E-state index is 0.599. The third-order valence-electron chi connectivity index (χ3n) is 0.947. The Hall–Kier alpha value is -1.33. The monoisotopic (exact) mass is 134 g/mol.